The number of nitrogens with zero attached hydrogens (tertiary/aromatic N) is 1. The number of benzene rings is 2. The van der Waals surface area contributed by atoms with Crippen LogP contribution in [0, 0.1) is 35.2 Å². The number of halogens is 4. The molecule has 2 aromatic rings. The Kier molecular flexibility index (Phi) is 9.34. The first-order chi connectivity index (χ1) is 21.6. The zero-order valence-corrected chi connectivity index (χ0v) is 26.4. The van der Waals surface area contributed by atoms with Gasteiger partial charge in [-0.25, -0.2) is 26.4 Å². The van der Waals surface area contributed by atoms with Crippen LogP contribution in [0.15, 0.2) is 35.2 Å². The summed E-state index contributed by atoms with van der Waals surface area (Å²) in [5.41, 5.74) is -2.04. The molecular formula is C30H33ClF3N3O8S. The van der Waals surface area contributed by atoms with E-state index < -0.39 is 80.0 Å². The molecule has 3 amide bonds. The molecule has 11 nitrogen and oxygen atoms in total. The second kappa shape index (κ2) is 12.7. The summed E-state index contributed by atoms with van der Waals surface area (Å²) in [4.78, 5) is 38.8. The van der Waals surface area contributed by atoms with Gasteiger partial charge >= 0.3 is 6.09 Å². The van der Waals surface area contributed by atoms with Crippen LogP contribution >= 0.6 is 11.6 Å². The highest BCUT2D eigenvalue weighted by Crippen LogP contribution is 2.54. The lowest BCUT2D eigenvalue weighted by molar-refractivity contribution is -0.130. The number of aliphatic hydroxyl groups is 2. The molecule has 3 aliphatic rings. The number of nitrogens with one attached hydrogen (secondary N) is 2. The first kappa shape index (κ1) is 33.9. The Hall–Kier alpha value is -3.40. The number of likely N-dealkylation sites (tertiary alicyclic amines) is 1. The summed E-state index contributed by atoms with van der Waals surface area (Å²) in [6.45, 7) is 1.77. The Morgan fingerprint density at radius 2 is 1.78 bits per heavy atom. The summed E-state index contributed by atoms with van der Waals surface area (Å²) >= 11 is 6.29. The van der Waals surface area contributed by atoms with Crippen molar-refractivity contribution < 1.29 is 50.9 Å². The number of rotatable bonds is 7. The molecule has 46 heavy (non-hydrogen) atoms. The molecule has 0 radical (unpaired) electrons. The first-order valence-corrected chi connectivity index (χ1v) is 16.5. The second-order valence-electron chi connectivity index (χ2n) is 12.2. The monoisotopic (exact) mass is 687 g/mol. The van der Waals surface area contributed by atoms with Gasteiger partial charge in [0.05, 0.1) is 34.0 Å². The number of carbonyl (C=O) groups is 3. The zero-order valence-electron chi connectivity index (χ0n) is 24.8. The summed E-state index contributed by atoms with van der Waals surface area (Å²) in [5.74, 6) is -7.53. The van der Waals surface area contributed by atoms with Crippen molar-refractivity contribution in [1.82, 2.24) is 10.2 Å². The molecule has 0 aromatic heterocycles. The number of fused-ring (bicyclic) bond motifs is 2. The Morgan fingerprint density at radius 3 is 2.41 bits per heavy atom. The molecule has 2 bridgehead atoms. The maximum Gasteiger partial charge on any atom is 0.410 e. The number of amides is 3. The molecule has 4 N–H and O–H groups in total. The van der Waals surface area contributed by atoms with Crippen LogP contribution in [-0.4, -0.2) is 84.6 Å². The lowest BCUT2D eigenvalue weighted by Crippen LogP contribution is -2.58. The fraction of sp³-hybridized carbons (Fsp3) is 0.500. The topological polar surface area (TPSA) is 162 Å². The maximum absolute atomic E-state index is 13.9. The first-order valence-electron chi connectivity index (χ1n) is 14.6. The number of sulfone groups is 1. The van der Waals surface area contributed by atoms with Gasteiger partial charge in [-0.3, -0.25) is 14.5 Å². The summed E-state index contributed by atoms with van der Waals surface area (Å²) < 4.78 is 73.1. The number of hydrogen-bond donors (Lipinski definition) is 4. The van der Waals surface area contributed by atoms with Crippen molar-refractivity contribution in [3.8, 4) is 0 Å². The molecular weight excluding hydrogens is 655 g/mol. The molecule has 1 heterocycles. The molecule has 0 spiro atoms. The van der Waals surface area contributed by atoms with Crippen molar-refractivity contribution in [2.45, 2.75) is 60.5 Å². The molecule has 16 heteroatoms. The van der Waals surface area contributed by atoms with Gasteiger partial charge in [-0.05, 0) is 61.6 Å². The third-order valence-electron chi connectivity index (χ3n) is 9.53. The van der Waals surface area contributed by atoms with Crippen LogP contribution in [0.5, 0.6) is 0 Å². The van der Waals surface area contributed by atoms with Crippen LogP contribution < -0.4 is 10.6 Å². The number of hydrogen-bond acceptors (Lipinski definition) is 8. The average Bonchev–Trinajstić information content (AvgIpc) is 3.42. The van der Waals surface area contributed by atoms with E-state index in [0.717, 1.165) is 18.1 Å². The van der Waals surface area contributed by atoms with Crippen molar-refractivity contribution in [3.63, 3.8) is 0 Å². The van der Waals surface area contributed by atoms with Crippen LogP contribution in [0.2, 0.25) is 5.02 Å². The highest BCUT2D eigenvalue weighted by Gasteiger charge is 2.59. The molecule has 3 fully saturated rings. The van der Waals surface area contributed by atoms with Gasteiger partial charge in [0.15, 0.2) is 27.3 Å². The quantitative estimate of drug-likeness (QED) is 0.323. The van der Waals surface area contributed by atoms with Crippen molar-refractivity contribution in [3.05, 3.63) is 58.4 Å². The predicted octanol–water partition coefficient (Wildman–Crippen LogP) is 3.27. The highest BCUT2D eigenvalue weighted by atomic mass is 35.5. The zero-order chi connectivity index (χ0) is 33.7. The van der Waals surface area contributed by atoms with E-state index in [-0.39, 0.29) is 59.4 Å². The van der Waals surface area contributed by atoms with Crippen molar-refractivity contribution in [2.24, 2.45) is 17.8 Å². The Bertz CT molecular complexity index is 1660. The summed E-state index contributed by atoms with van der Waals surface area (Å²) in [7, 11) is -3.02. The number of carbonyl (C=O) groups excluding carboxylic acids is 3. The second-order valence-corrected chi connectivity index (χ2v) is 14.8. The fourth-order valence-corrected chi connectivity index (χ4v) is 9.57. The lowest BCUT2D eigenvalue weighted by atomic mass is 9.73. The summed E-state index contributed by atoms with van der Waals surface area (Å²) in [6.07, 6.45) is -1.19. The average molecular weight is 688 g/mol. The van der Waals surface area contributed by atoms with E-state index in [9.17, 15) is 46.2 Å². The standard InChI is InChI=1S/C30H33ClF3N3O8S/c1-14-7-16-9-18(12-19(14)30(16,42)13-35-28(40)26-23(38)5-6-37(26)29(41)45-2)46(43,44)24-8-15(3-4-20(24)31)27(39)36-17-10-21(32)25(34)22(33)11-17/h3-4,8,10-11,14,16,18-19,23,26,38,42H,5-7,9,12-13H2,1-2H3,(H,35,40)(H,36,39)/t14-,16?,18?,19?,23-,26-,30+/m0/s1. The van der Waals surface area contributed by atoms with Crippen LogP contribution in [0.4, 0.5) is 23.7 Å². The summed E-state index contributed by atoms with van der Waals surface area (Å²) in [6, 6.07) is 3.44. The third kappa shape index (κ3) is 6.05. The van der Waals surface area contributed by atoms with Gasteiger partial charge < -0.3 is 25.6 Å². The molecule has 2 aliphatic carbocycles. The Balaban J connectivity index is 1.32. The molecule has 3 unspecified atom stereocenters. The SMILES string of the molecule is COC(=O)N1CC[C@H](O)[C@H]1C(=O)NC[C@@]1(O)C2CC(S(=O)(=O)c3cc(C(=O)Nc4cc(F)c(F)c(F)c4)ccc3Cl)CC1[C@@H](C)C2. The van der Waals surface area contributed by atoms with Crippen molar-refractivity contribution in [1.29, 1.82) is 0 Å². The van der Waals surface area contributed by atoms with Crippen LogP contribution in [0.25, 0.3) is 0 Å². The maximum atomic E-state index is 13.9. The van der Waals surface area contributed by atoms with E-state index in [4.69, 9.17) is 16.3 Å². The molecule has 2 saturated carbocycles. The van der Waals surface area contributed by atoms with Gasteiger partial charge in [0.1, 0.15) is 6.04 Å². The predicted molar refractivity (Wildman–Crippen MR) is 158 cm³/mol. The van der Waals surface area contributed by atoms with Gasteiger partial charge in [-0.15, -0.1) is 0 Å². The Morgan fingerprint density at radius 1 is 1.11 bits per heavy atom. The van der Waals surface area contributed by atoms with Crippen LogP contribution in [0.3, 0.4) is 0 Å². The molecule has 1 saturated heterocycles. The minimum Gasteiger partial charge on any atom is -0.453 e. The smallest absolute Gasteiger partial charge is 0.410 e. The molecule has 250 valence electrons. The van der Waals surface area contributed by atoms with E-state index in [1.165, 1.54) is 12.1 Å². The van der Waals surface area contributed by atoms with E-state index >= 15 is 0 Å². The highest BCUT2D eigenvalue weighted by molar-refractivity contribution is 7.92. The van der Waals surface area contributed by atoms with E-state index in [2.05, 4.69) is 10.6 Å². The minimum absolute atomic E-state index is 0.0214. The van der Waals surface area contributed by atoms with Crippen LogP contribution in [-0.2, 0) is 19.4 Å². The van der Waals surface area contributed by atoms with Gasteiger partial charge in [0.2, 0.25) is 5.91 Å². The van der Waals surface area contributed by atoms with Gasteiger partial charge in [0, 0.05) is 36.5 Å². The van der Waals surface area contributed by atoms with E-state index in [0.29, 0.717) is 18.6 Å². The van der Waals surface area contributed by atoms with Crippen molar-refractivity contribution >= 4 is 45.0 Å². The van der Waals surface area contributed by atoms with E-state index in [1.807, 2.05) is 6.92 Å². The molecule has 7 atom stereocenters. The lowest BCUT2D eigenvalue weighted by Gasteiger charge is -2.43. The molecule has 2 aromatic carbocycles. The number of anilines is 1. The van der Waals surface area contributed by atoms with Gasteiger partial charge in [0.25, 0.3) is 5.91 Å². The summed E-state index contributed by atoms with van der Waals surface area (Å²) in [5, 5.41) is 25.9. The Labute approximate surface area is 268 Å². The van der Waals surface area contributed by atoms with Gasteiger partial charge in [-0.1, -0.05) is 18.5 Å². The minimum atomic E-state index is -4.18. The molecule has 1 aliphatic heterocycles. The normalized spacial score (nSPS) is 29.0. The van der Waals surface area contributed by atoms with E-state index in [1.54, 1.807) is 0 Å². The van der Waals surface area contributed by atoms with Crippen molar-refractivity contribution in [2.75, 3.05) is 25.5 Å². The number of methoxy groups -OCH3 is 1. The number of aliphatic hydroxyl groups excluding tert-OH is 1. The molecule has 5 rings (SSSR count). The number of ether oxygens (including phenoxy) is 1. The van der Waals surface area contributed by atoms with Gasteiger partial charge in [-0.2, -0.15) is 0 Å². The largest absolute Gasteiger partial charge is 0.453 e. The fourth-order valence-electron chi connectivity index (χ4n) is 7.20. The third-order valence-corrected chi connectivity index (χ3v) is 12.2. The van der Waals surface area contributed by atoms with Crippen LogP contribution in [0.1, 0.15) is 43.0 Å².